The third-order valence-electron chi connectivity index (χ3n) is 3.46. The maximum atomic E-state index is 10.3. The van der Waals surface area contributed by atoms with Gasteiger partial charge in [0.05, 0.1) is 0 Å². The average Bonchev–Trinajstić information content (AvgIpc) is 3.22. The van der Waals surface area contributed by atoms with Gasteiger partial charge in [-0.15, -0.1) is 0 Å². The molecule has 0 radical (unpaired) electrons. The third kappa shape index (κ3) is 3.90. The second-order valence-electron chi connectivity index (χ2n) is 5.13. The summed E-state index contributed by atoms with van der Waals surface area (Å²) in [7, 11) is 0. The van der Waals surface area contributed by atoms with E-state index in [0.29, 0.717) is 23.9 Å². The standard InChI is InChI=1S/C9H11NO2.C8H6O3.ClH/c1-6(10)7-2-3-8-9(4-7)12-5-11-8;9-4-6-1-2-7-8(3-6)11-5-10-7;/h2-4,6H,5,10H2,1H3;1-4H,5H2;1H/p-1/t6-;;/m0../s1. The van der Waals surface area contributed by atoms with Crippen molar-refractivity contribution in [2.24, 2.45) is 5.73 Å². The minimum absolute atomic E-state index is 0. The van der Waals surface area contributed by atoms with Crippen molar-refractivity contribution in [3.05, 3.63) is 47.5 Å². The second kappa shape index (κ2) is 7.90. The van der Waals surface area contributed by atoms with E-state index >= 15 is 0 Å². The first-order chi connectivity index (χ1) is 11.2. The molecule has 1 atom stereocenters. The van der Waals surface area contributed by atoms with E-state index in [9.17, 15) is 4.79 Å². The van der Waals surface area contributed by atoms with Gasteiger partial charge >= 0.3 is 0 Å². The van der Waals surface area contributed by atoms with Gasteiger partial charge in [0, 0.05) is 11.6 Å². The van der Waals surface area contributed by atoms with Crippen LogP contribution in [-0.2, 0) is 0 Å². The monoisotopic (exact) mass is 350 g/mol. The van der Waals surface area contributed by atoms with Crippen LogP contribution in [0.2, 0.25) is 0 Å². The highest BCUT2D eigenvalue weighted by molar-refractivity contribution is 5.76. The van der Waals surface area contributed by atoms with Crippen LogP contribution in [-0.4, -0.2) is 19.9 Å². The van der Waals surface area contributed by atoms with Crippen LogP contribution in [0.1, 0.15) is 28.9 Å². The summed E-state index contributed by atoms with van der Waals surface area (Å²) in [6.45, 7) is 2.51. The van der Waals surface area contributed by atoms with Gasteiger partial charge in [0.1, 0.15) is 6.29 Å². The van der Waals surface area contributed by atoms with Crippen LogP contribution >= 0.6 is 0 Å². The largest absolute Gasteiger partial charge is 1.00 e. The highest BCUT2D eigenvalue weighted by Gasteiger charge is 2.14. The lowest BCUT2D eigenvalue weighted by Gasteiger charge is -2.05. The normalized spacial score (nSPS) is 14.1. The molecule has 24 heavy (non-hydrogen) atoms. The van der Waals surface area contributed by atoms with Crippen molar-refractivity contribution in [3.8, 4) is 23.0 Å². The first-order valence-electron chi connectivity index (χ1n) is 7.17. The van der Waals surface area contributed by atoms with E-state index in [-0.39, 0.29) is 25.2 Å². The van der Waals surface area contributed by atoms with Crippen LogP contribution < -0.4 is 37.1 Å². The molecule has 0 fully saturated rings. The smallest absolute Gasteiger partial charge is 0.231 e. The van der Waals surface area contributed by atoms with Crippen LogP contribution in [0.15, 0.2) is 36.4 Å². The number of carbonyl (C=O) groups excluding carboxylic acids is 1. The number of halogens is 1. The Morgan fingerprint density at radius 1 is 0.917 bits per heavy atom. The molecule has 2 heterocycles. The summed E-state index contributed by atoms with van der Waals surface area (Å²) in [5.41, 5.74) is 7.39. The molecule has 6 nitrogen and oxygen atoms in total. The Kier molecular flexibility index (Phi) is 5.89. The van der Waals surface area contributed by atoms with E-state index in [1.807, 2.05) is 25.1 Å². The third-order valence-corrected chi connectivity index (χ3v) is 3.46. The zero-order chi connectivity index (χ0) is 16.2. The van der Waals surface area contributed by atoms with Gasteiger partial charge < -0.3 is 37.1 Å². The molecule has 0 saturated carbocycles. The SMILES string of the molecule is C[C@H](N)c1ccc2c(c1)OCO2.O=Cc1ccc2c(c1)OCO2.[Cl-]. The highest BCUT2D eigenvalue weighted by Crippen LogP contribution is 2.33. The summed E-state index contributed by atoms with van der Waals surface area (Å²) < 4.78 is 20.5. The van der Waals surface area contributed by atoms with Crippen LogP contribution in [0.3, 0.4) is 0 Å². The Hall–Kier alpha value is -2.44. The number of carbonyl (C=O) groups is 1. The van der Waals surface area contributed by atoms with Gasteiger partial charge in [0.15, 0.2) is 23.0 Å². The van der Waals surface area contributed by atoms with Gasteiger partial charge in [-0.05, 0) is 42.8 Å². The Bertz CT molecular complexity index is 720. The van der Waals surface area contributed by atoms with Gasteiger partial charge in [-0.25, -0.2) is 0 Å². The molecule has 2 aromatic rings. The first kappa shape index (κ1) is 17.9. The molecule has 4 rings (SSSR count). The Labute approximate surface area is 145 Å². The van der Waals surface area contributed by atoms with Crippen molar-refractivity contribution in [1.29, 1.82) is 0 Å². The minimum atomic E-state index is 0. The molecule has 2 aromatic carbocycles. The molecular formula is C17H17ClNO5-. The van der Waals surface area contributed by atoms with Gasteiger partial charge in [-0.2, -0.15) is 0 Å². The highest BCUT2D eigenvalue weighted by atomic mass is 35.5. The fourth-order valence-corrected chi connectivity index (χ4v) is 2.18. The number of hydrogen-bond donors (Lipinski definition) is 1. The number of nitrogens with two attached hydrogens (primary N) is 1. The molecule has 0 aromatic heterocycles. The predicted octanol–water partition coefficient (Wildman–Crippen LogP) is -0.333. The molecule has 0 spiro atoms. The van der Waals surface area contributed by atoms with E-state index < -0.39 is 0 Å². The van der Waals surface area contributed by atoms with Crippen LogP contribution in [0.5, 0.6) is 23.0 Å². The molecule has 2 aliphatic rings. The lowest BCUT2D eigenvalue weighted by atomic mass is 10.1. The van der Waals surface area contributed by atoms with E-state index in [1.165, 1.54) is 0 Å². The first-order valence-corrected chi connectivity index (χ1v) is 7.17. The summed E-state index contributed by atoms with van der Waals surface area (Å²) in [6.07, 6.45) is 0.780. The number of aldehydes is 1. The molecule has 0 unspecified atom stereocenters. The lowest BCUT2D eigenvalue weighted by Crippen LogP contribution is -3.00. The molecule has 0 aliphatic carbocycles. The van der Waals surface area contributed by atoms with E-state index in [0.717, 1.165) is 23.3 Å². The van der Waals surface area contributed by atoms with Crippen molar-refractivity contribution >= 4 is 6.29 Å². The summed E-state index contributed by atoms with van der Waals surface area (Å²) in [4.78, 5) is 10.3. The molecular weight excluding hydrogens is 334 g/mol. The predicted molar refractivity (Wildman–Crippen MR) is 83.1 cm³/mol. The van der Waals surface area contributed by atoms with Gasteiger partial charge in [-0.1, -0.05) is 6.07 Å². The Morgan fingerprint density at radius 2 is 1.46 bits per heavy atom. The fraction of sp³-hybridized carbons (Fsp3) is 0.235. The van der Waals surface area contributed by atoms with Crippen molar-refractivity contribution in [3.63, 3.8) is 0 Å². The zero-order valence-electron chi connectivity index (χ0n) is 13.0. The molecule has 0 amide bonds. The van der Waals surface area contributed by atoms with Crippen molar-refractivity contribution in [1.82, 2.24) is 0 Å². The number of fused-ring (bicyclic) bond motifs is 2. The average molecular weight is 351 g/mol. The maximum absolute atomic E-state index is 10.3. The van der Waals surface area contributed by atoms with Crippen LogP contribution in [0.4, 0.5) is 0 Å². The van der Waals surface area contributed by atoms with Crippen LogP contribution in [0, 0.1) is 0 Å². The van der Waals surface area contributed by atoms with Crippen LogP contribution in [0.25, 0.3) is 0 Å². The second-order valence-corrected chi connectivity index (χ2v) is 5.13. The van der Waals surface area contributed by atoms with Crippen molar-refractivity contribution in [2.75, 3.05) is 13.6 Å². The molecule has 0 bridgehead atoms. The Balaban J connectivity index is 0.000000167. The quantitative estimate of drug-likeness (QED) is 0.747. The minimum Gasteiger partial charge on any atom is -1.00 e. The fourth-order valence-electron chi connectivity index (χ4n) is 2.18. The topological polar surface area (TPSA) is 80.0 Å². The summed E-state index contributed by atoms with van der Waals surface area (Å²) in [6, 6.07) is 10.9. The van der Waals surface area contributed by atoms with Crippen molar-refractivity contribution in [2.45, 2.75) is 13.0 Å². The maximum Gasteiger partial charge on any atom is 0.231 e. The van der Waals surface area contributed by atoms with E-state index in [2.05, 4.69) is 0 Å². The Morgan fingerprint density at radius 3 is 2.04 bits per heavy atom. The molecule has 2 N–H and O–H groups in total. The summed E-state index contributed by atoms with van der Waals surface area (Å²) in [5.74, 6) is 2.95. The number of hydrogen-bond acceptors (Lipinski definition) is 6. The van der Waals surface area contributed by atoms with Crippen molar-refractivity contribution < 1.29 is 36.1 Å². The van der Waals surface area contributed by atoms with E-state index in [4.69, 9.17) is 24.7 Å². The number of rotatable bonds is 2. The molecule has 128 valence electrons. The van der Waals surface area contributed by atoms with Gasteiger partial charge in [0.2, 0.25) is 13.6 Å². The zero-order valence-corrected chi connectivity index (χ0v) is 13.8. The summed E-state index contributed by atoms with van der Waals surface area (Å²) in [5, 5.41) is 0. The lowest BCUT2D eigenvalue weighted by molar-refractivity contribution is -0.0000142. The van der Waals surface area contributed by atoms with Gasteiger partial charge in [0.25, 0.3) is 0 Å². The summed E-state index contributed by atoms with van der Waals surface area (Å²) >= 11 is 0. The molecule has 2 aliphatic heterocycles. The van der Waals surface area contributed by atoms with E-state index in [1.54, 1.807) is 18.2 Å². The molecule has 0 saturated heterocycles. The number of ether oxygens (including phenoxy) is 4. The number of benzene rings is 2. The molecule has 7 heteroatoms. The van der Waals surface area contributed by atoms with Gasteiger partial charge in [-0.3, -0.25) is 4.79 Å².